The van der Waals surface area contributed by atoms with Crippen LogP contribution in [0.2, 0.25) is 0 Å². The zero-order chi connectivity index (χ0) is 11.4. The van der Waals surface area contributed by atoms with Crippen molar-refractivity contribution in [1.82, 2.24) is 4.98 Å². The first-order valence-corrected chi connectivity index (χ1v) is 6.11. The van der Waals surface area contributed by atoms with E-state index >= 15 is 0 Å². The molecule has 1 heterocycles. The molecular formula is C13H20N2O. The number of pyridine rings is 1. The Bertz CT molecular complexity index is 334. The number of aromatic nitrogens is 1. The van der Waals surface area contributed by atoms with Gasteiger partial charge in [-0.25, -0.2) is 4.98 Å². The van der Waals surface area contributed by atoms with Crippen LogP contribution >= 0.6 is 0 Å². The minimum atomic E-state index is 0.201. The fourth-order valence-electron chi connectivity index (χ4n) is 2.49. The van der Waals surface area contributed by atoms with Gasteiger partial charge in [0.25, 0.3) is 0 Å². The molecule has 0 aliphatic heterocycles. The lowest BCUT2D eigenvalue weighted by molar-refractivity contribution is 0.297. The molecule has 0 radical (unpaired) electrons. The first-order chi connectivity index (χ1) is 7.81. The van der Waals surface area contributed by atoms with Gasteiger partial charge in [-0.3, -0.25) is 0 Å². The van der Waals surface area contributed by atoms with Gasteiger partial charge in [0.15, 0.2) is 0 Å². The summed E-state index contributed by atoms with van der Waals surface area (Å²) in [7, 11) is 0. The maximum Gasteiger partial charge on any atom is 0.129 e. The third-order valence-electron chi connectivity index (χ3n) is 3.30. The summed E-state index contributed by atoms with van der Waals surface area (Å²) in [5.74, 6) is 1.01. The molecule has 0 atom stereocenters. The molecule has 1 saturated carbocycles. The van der Waals surface area contributed by atoms with Gasteiger partial charge in [-0.05, 0) is 37.5 Å². The molecule has 0 unspecified atom stereocenters. The summed E-state index contributed by atoms with van der Waals surface area (Å²) in [6, 6.07) is 4.69. The van der Waals surface area contributed by atoms with Crippen molar-refractivity contribution < 1.29 is 5.11 Å². The normalized spacial score (nSPS) is 16.6. The summed E-state index contributed by atoms with van der Waals surface area (Å²) in [5.41, 5.74) is 1.23. The molecule has 3 heteroatoms. The molecule has 0 saturated heterocycles. The Kier molecular flexibility index (Phi) is 3.78. The van der Waals surface area contributed by atoms with Crippen molar-refractivity contribution in [2.24, 2.45) is 0 Å². The van der Waals surface area contributed by atoms with E-state index in [0.29, 0.717) is 12.6 Å². The number of rotatable bonds is 4. The van der Waals surface area contributed by atoms with Gasteiger partial charge in [-0.1, -0.05) is 12.8 Å². The molecule has 2 rings (SSSR count). The lowest BCUT2D eigenvalue weighted by Gasteiger charge is -2.29. The number of nitrogens with zero attached hydrogens (tertiary/aromatic N) is 2. The van der Waals surface area contributed by atoms with Gasteiger partial charge in [0.05, 0.1) is 6.61 Å². The Morgan fingerprint density at radius 1 is 1.44 bits per heavy atom. The van der Waals surface area contributed by atoms with E-state index in [1.807, 2.05) is 12.3 Å². The zero-order valence-corrected chi connectivity index (χ0v) is 9.89. The molecule has 0 bridgehead atoms. The second kappa shape index (κ2) is 5.30. The maximum atomic E-state index is 9.16. The van der Waals surface area contributed by atoms with Gasteiger partial charge >= 0.3 is 0 Å². The summed E-state index contributed by atoms with van der Waals surface area (Å²) in [5, 5.41) is 9.16. The van der Waals surface area contributed by atoms with E-state index in [9.17, 15) is 0 Å². The third kappa shape index (κ3) is 2.53. The van der Waals surface area contributed by atoms with E-state index < -0.39 is 0 Å². The van der Waals surface area contributed by atoms with Gasteiger partial charge in [-0.2, -0.15) is 0 Å². The highest BCUT2D eigenvalue weighted by Gasteiger charge is 2.23. The fourth-order valence-corrected chi connectivity index (χ4v) is 2.49. The second-order valence-electron chi connectivity index (χ2n) is 4.55. The van der Waals surface area contributed by atoms with E-state index in [0.717, 1.165) is 5.82 Å². The molecule has 3 nitrogen and oxygen atoms in total. The molecule has 16 heavy (non-hydrogen) atoms. The van der Waals surface area contributed by atoms with Crippen LogP contribution in [-0.2, 0) is 0 Å². The second-order valence-corrected chi connectivity index (χ2v) is 4.55. The van der Waals surface area contributed by atoms with Crippen LogP contribution in [0.3, 0.4) is 0 Å². The highest BCUT2D eigenvalue weighted by atomic mass is 16.3. The summed E-state index contributed by atoms with van der Waals surface area (Å²) in [4.78, 5) is 6.68. The number of aliphatic hydroxyl groups excluding tert-OH is 1. The molecular weight excluding hydrogens is 200 g/mol. The van der Waals surface area contributed by atoms with Gasteiger partial charge in [0.1, 0.15) is 5.82 Å². The highest BCUT2D eigenvalue weighted by molar-refractivity contribution is 5.42. The Morgan fingerprint density at radius 3 is 2.81 bits per heavy atom. The molecule has 1 N–H and O–H groups in total. The Morgan fingerprint density at radius 2 is 2.19 bits per heavy atom. The Balaban J connectivity index is 2.17. The maximum absolute atomic E-state index is 9.16. The van der Waals surface area contributed by atoms with Crippen molar-refractivity contribution in [3.05, 3.63) is 23.9 Å². The van der Waals surface area contributed by atoms with Crippen LogP contribution < -0.4 is 4.90 Å². The average Bonchev–Trinajstić information content (AvgIpc) is 2.79. The molecule has 0 spiro atoms. The first-order valence-electron chi connectivity index (χ1n) is 6.11. The number of aryl methyl sites for hydroxylation is 1. The Hall–Kier alpha value is -1.09. The molecule has 1 aliphatic rings. The first kappa shape index (κ1) is 11.4. The van der Waals surface area contributed by atoms with E-state index in [1.165, 1.54) is 31.2 Å². The number of hydrogen-bond acceptors (Lipinski definition) is 3. The van der Waals surface area contributed by atoms with Crippen molar-refractivity contribution in [2.75, 3.05) is 18.1 Å². The fraction of sp³-hybridized carbons (Fsp3) is 0.615. The van der Waals surface area contributed by atoms with Gasteiger partial charge in [0, 0.05) is 18.8 Å². The average molecular weight is 220 g/mol. The van der Waals surface area contributed by atoms with Gasteiger partial charge in [-0.15, -0.1) is 0 Å². The van der Waals surface area contributed by atoms with Crippen LogP contribution in [0.1, 0.15) is 31.2 Å². The van der Waals surface area contributed by atoms with Gasteiger partial charge < -0.3 is 10.0 Å². The number of anilines is 1. The highest BCUT2D eigenvalue weighted by Crippen LogP contribution is 2.27. The van der Waals surface area contributed by atoms with Crippen LogP contribution in [-0.4, -0.2) is 29.3 Å². The monoisotopic (exact) mass is 220 g/mol. The van der Waals surface area contributed by atoms with Crippen LogP contribution in [0.15, 0.2) is 18.3 Å². The van der Waals surface area contributed by atoms with Crippen LogP contribution in [0.25, 0.3) is 0 Å². The minimum absolute atomic E-state index is 0.201. The van der Waals surface area contributed by atoms with E-state index in [2.05, 4.69) is 22.9 Å². The Labute approximate surface area is 97.1 Å². The van der Waals surface area contributed by atoms with E-state index in [4.69, 9.17) is 5.11 Å². The smallest absolute Gasteiger partial charge is 0.129 e. The zero-order valence-electron chi connectivity index (χ0n) is 9.89. The summed E-state index contributed by atoms with van der Waals surface area (Å²) in [6.45, 7) is 2.98. The summed E-state index contributed by atoms with van der Waals surface area (Å²) >= 11 is 0. The molecule has 1 fully saturated rings. The van der Waals surface area contributed by atoms with Crippen LogP contribution in [0.4, 0.5) is 5.82 Å². The van der Waals surface area contributed by atoms with E-state index in [1.54, 1.807) is 0 Å². The molecule has 1 aromatic rings. The van der Waals surface area contributed by atoms with Crippen molar-refractivity contribution >= 4 is 5.82 Å². The lowest BCUT2D eigenvalue weighted by atomic mass is 10.2. The molecule has 1 aromatic heterocycles. The SMILES string of the molecule is Cc1ccnc(N(CCO)C2CCCC2)c1. The van der Waals surface area contributed by atoms with Crippen LogP contribution in [0, 0.1) is 6.92 Å². The third-order valence-corrected chi connectivity index (χ3v) is 3.30. The number of aliphatic hydroxyl groups is 1. The molecule has 0 aromatic carbocycles. The predicted octanol–water partition coefficient (Wildman–Crippen LogP) is 2.13. The van der Waals surface area contributed by atoms with Gasteiger partial charge in [0.2, 0.25) is 0 Å². The van der Waals surface area contributed by atoms with E-state index in [-0.39, 0.29) is 6.61 Å². The summed E-state index contributed by atoms with van der Waals surface area (Å²) < 4.78 is 0. The van der Waals surface area contributed by atoms with Crippen molar-refractivity contribution in [3.63, 3.8) is 0 Å². The number of hydrogen-bond donors (Lipinski definition) is 1. The topological polar surface area (TPSA) is 36.4 Å². The molecule has 88 valence electrons. The lowest BCUT2D eigenvalue weighted by Crippen LogP contribution is -2.36. The summed E-state index contributed by atoms with van der Waals surface area (Å²) in [6.07, 6.45) is 6.92. The standard InChI is InChI=1S/C13H20N2O/c1-11-6-7-14-13(10-11)15(8-9-16)12-4-2-3-5-12/h6-7,10,12,16H,2-5,8-9H2,1H3. The predicted molar refractivity (Wildman–Crippen MR) is 65.7 cm³/mol. The molecule has 0 amide bonds. The largest absolute Gasteiger partial charge is 0.395 e. The minimum Gasteiger partial charge on any atom is -0.395 e. The van der Waals surface area contributed by atoms with Crippen LogP contribution in [0.5, 0.6) is 0 Å². The van der Waals surface area contributed by atoms with Crippen molar-refractivity contribution in [2.45, 2.75) is 38.6 Å². The molecule has 1 aliphatic carbocycles. The van der Waals surface area contributed by atoms with Crippen molar-refractivity contribution in [3.8, 4) is 0 Å². The quantitative estimate of drug-likeness (QED) is 0.844. The van der Waals surface area contributed by atoms with Crippen molar-refractivity contribution in [1.29, 1.82) is 0 Å².